The SMILES string of the molecule is Oc1ccc(Cl)c(C(F)F)c1. The van der Waals surface area contributed by atoms with Gasteiger partial charge in [-0.3, -0.25) is 0 Å². The second kappa shape index (κ2) is 3.05. The van der Waals surface area contributed by atoms with E-state index < -0.39 is 6.43 Å². The minimum Gasteiger partial charge on any atom is -0.508 e. The molecule has 0 saturated carbocycles. The summed E-state index contributed by atoms with van der Waals surface area (Å²) in [7, 11) is 0. The minimum atomic E-state index is -2.64. The molecule has 60 valence electrons. The Bertz CT molecular complexity index is 263. The molecule has 0 unspecified atom stereocenters. The highest BCUT2D eigenvalue weighted by atomic mass is 35.5. The first-order chi connectivity index (χ1) is 5.11. The van der Waals surface area contributed by atoms with Crippen molar-refractivity contribution in [2.45, 2.75) is 6.43 Å². The van der Waals surface area contributed by atoms with Crippen LogP contribution in [0.25, 0.3) is 0 Å². The monoisotopic (exact) mass is 178 g/mol. The van der Waals surface area contributed by atoms with Crippen LogP contribution in [0.3, 0.4) is 0 Å². The van der Waals surface area contributed by atoms with Crippen molar-refractivity contribution in [2.75, 3.05) is 0 Å². The highest BCUT2D eigenvalue weighted by Crippen LogP contribution is 2.29. The average molecular weight is 179 g/mol. The molecule has 1 rings (SSSR count). The maximum absolute atomic E-state index is 12.0. The van der Waals surface area contributed by atoms with Gasteiger partial charge in [-0.1, -0.05) is 11.6 Å². The molecule has 1 N–H and O–H groups in total. The quantitative estimate of drug-likeness (QED) is 0.701. The molecule has 1 aromatic carbocycles. The molecule has 1 aromatic rings. The van der Waals surface area contributed by atoms with Gasteiger partial charge in [0.1, 0.15) is 5.75 Å². The first kappa shape index (κ1) is 8.27. The van der Waals surface area contributed by atoms with Crippen LogP contribution in [0.15, 0.2) is 18.2 Å². The van der Waals surface area contributed by atoms with Gasteiger partial charge in [0, 0.05) is 10.6 Å². The van der Waals surface area contributed by atoms with Crippen LogP contribution in [0.1, 0.15) is 12.0 Å². The molecule has 0 saturated heterocycles. The van der Waals surface area contributed by atoms with Crippen LogP contribution in [0.4, 0.5) is 8.78 Å². The van der Waals surface area contributed by atoms with Gasteiger partial charge in [0.25, 0.3) is 6.43 Å². The Morgan fingerprint density at radius 1 is 1.36 bits per heavy atom. The van der Waals surface area contributed by atoms with Crippen LogP contribution in [-0.4, -0.2) is 5.11 Å². The summed E-state index contributed by atoms with van der Waals surface area (Å²) >= 11 is 5.40. The van der Waals surface area contributed by atoms with E-state index in [9.17, 15) is 8.78 Å². The molecule has 1 nitrogen and oxygen atoms in total. The molecule has 0 amide bonds. The lowest BCUT2D eigenvalue weighted by molar-refractivity contribution is 0.151. The van der Waals surface area contributed by atoms with Crippen molar-refractivity contribution in [3.63, 3.8) is 0 Å². The Labute approximate surface area is 67.2 Å². The molecule has 0 aliphatic carbocycles. The smallest absolute Gasteiger partial charge is 0.265 e. The van der Waals surface area contributed by atoms with Crippen molar-refractivity contribution in [3.05, 3.63) is 28.8 Å². The van der Waals surface area contributed by atoms with Gasteiger partial charge in [0.05, 0.1) is 0 Å². The van der Waals surface area contributed by atoms with Gasteiger partial charge in [-0.25, -0.2) is 8.78 Å². The van der Waals surface area contributed by atoms with E-state index in [0.717, 1.165) is 6.07 Å². The third-order valence-corrected chi connectivity index (χ3v) is 1.56. The van der Waals surface area contributed by atoms with Crippen molar-refractivity contribution in [2.24, 2.45) is 0 Å². The molecule has 0 radical (unpaired) electrons. The highest BCUT2D eigenvalue weighted by molar-refractivity contribution is 6.31. The Hall–Kier alpha value is -0.830. The number of phenolic OH excluding ortho intramolecular Hbond substituents is 1. The third-order valence-electron chi connectivity index (χ3n) is 1.21. The number of hydrogen-bond acceptors (Lipinski definition) is 1. The fourth-order valence-electron chi connectivity index (χ4n) is 0.698. The van der Waals surface area contributed by atoms with Crippen LogP contribution in [0.5, 0.6) is 5.75 Å². The molecule has 0 aliphatic rings. The van der Waals surface area contributed by atoms with Crippen LogP contribution in [0, 0.1) is 0 Å². The van der Waals surface area contributed by atoms with Gasteiger partial charge >= 0.3 is 0 Å². The highest BCUT2D eigenvalue weighted by Gasteiger charge is 2.11. The lowest BCUT2D eigenvalue weighted by Gasteiger charge is -2.01. The number of benzene rings is 1. The fourth-order valence-corrected chi connectivity index (χ4v) is 0.898. The first-order valence-corrected chi connectivity index (χ1v) is 3.25. The van der Waals surface area contributed by atoms with Crippen molar-refractivity contribution in [3.8, 4) is 5.75 Å². The number of phenols is 1. The van der Waals surface area contributed by atoms with Crippen molar-refractivity contribution < 1.29 is 13.9 Å². The van der Waals surface area contributed by atoms with E-state index in [1.807, 2.05) is 0 Å². The van der Waals surface area contributed by atoms with Gasteiger partial charge in [-0.05, 0) is 18.2 Å². The summed E-state index contributed by atoms with van der Waals surface area (Å²) in [4.78, 5) is 0. The maximum Gasteiger partial charge on any atom is 0.265 e. The second-order valence-electron chi connectivity index (χ2n) is 2.01. The Morgan fingerprint density at radius 2 is 2.00 bits per heavy atom. The third kappa shape index (κ3) is 1.80. The Balaban J connectivity index is 3.13. The molecule has 0 fully saturated rings. The number of rotatable bonds is 1. The van der Waals surface area contributed by atoms with E-state index in [2.05, 4.69) is 0 Å². The van der Waals surface area contributed by atoms with Crippen LogP contribution in [-0.2, 0) is 0 Å². The molecule has 0 aromatic heterocycles. The maximum atomic E-state index is 12.0. The van der Waals surface area contributed by atoms with Gasteiger partial charge in [-0.2, -0.15) is 0 Å². The summed E-state index contributed by atoms with van der Waals surface area (Å²) < 4.78 is 24.0. The zero-order valence-corrected chi connectivity index (χ0v) is 6.15. The molecule has 0 aliphatic heterocycles. The molecule has 11 heavy (non-hydrogen) atoms. The zero-order valence-electron chi connectivity index (χ0n) is 5.39. The van der Waals surface area contributed by atoms with E-state index in [1.54, 1.807) is 0 Å². The molecule has 0 spiro atoms. The fraction of sp³-hybridized carbons (Fsp3) is 0.143. The minimum absolute atomic E-state index is 0.0298. The Morgan fingerprint density at radius 3 is 2.45 bits per heavy atom. The molecule has 4 heteroatoms. The van der Waals surface area contributed by atoms with Crippen molar-refractivity contribution in [1.29, 1.82) is 0 Å². The second-order valence-corrected chi connectivity index (χ2v) is 2.41. The summed E-state index contributed by atoms with van der Waals surface area (Å²) in [6.07, 6.45) is -2.64. The zero-order chi connectivity index (χ0) is 8.43. The summed E-state index contributed by atoms with van der Waals surface area (Å²) in [5, 5.41) is 8.76. The van der Waals surface area contributed by atoms with Crippen LogP contribution in [0.2, 0.25) is 5.02 Å². The van der Waals surface area contributed by atoms with Crippen LogP contribution < -0.4 is 0 Å². The Kier molecular flexibility index (Phi) is 2.29. The topological polar surface area (TPSA) is 20.2 Å². The summed E-state index contributed by atoms with van der Waals surface area (Å²) in [6, 6.07) is 3.44. The standard InChI is InChI=1S/C7H5ClF2O/c8-6-2-1-4(11)3-5(6)7(9)10/h1-3,7,11H. The number of aromatic hydroxyl groups is 1. The molecular formula is C7H5ClF2O. The molecule has 0 atom stereocenters. The number of hydrogen-bond donors (Lipinski definition) is 1. The largest absolute Gasteiger partial charge is 0.508 e. The lowest BCUT2D eigenvalue weighted by atomic mass is 10.2. The summed E-state index contributed by atoms with van der Waals surface area (Å²) in [5.74, 6) is -0.204. The molecule has 0 heterocycles. The van der Waals surface area contributed by atoms with Gasteiger partial charge in [-0.15, -0.1) is 0 Å². The van der Waals surface area contributed by atoms with E-state index in [-0.39, 0.29) is 16.3 Å². The average Bonchev–Trinajstić information content (AvgIpc) is 1.94. The van der Waals surface area contributed by atoms with Gasteiger partial charge in [0.2, 0.25) is 0 Å². The first-order valence-electron chi connectivity index (χ1n) is 2.88. The van der Waals surface area contributed by atoms with Gasteiger partial charge < -0.3 is 5.11 Å². The van der Waals surface area contributed by atoms with Crippen LogP contribution >= 0.6 is 11.6 Å². The number of alkyl halides is 2. The summed E-state index contributed by atoms with van der Waals surface area (Å²) in [6.45, 7) is 0. The predicted octanol–water partition coefficient (Wildman–Crippen LogP) is 2.98. The molecule has 0 bridgehead atoms. The number of halogens is 3. The van der Waals surface area contributed by atoms with Crippen molar-refractivity contribution >= 4 is 11.6 Å². The van der Waals surface area contributed by atoms with E-state index >= 15 is 0 Å². The van der Waals surface area contributed by atoms with E-state index in [4.69, 9.17) is 16.7 Å². The van der Waals surface area contributed by atoms with E-state index in [1.165, 1.54) is 12.1 Å². The van der Waals surface area contributed by atoms with Gasteiger partial charge in [0.15, 0.2) is 0 Å². The molecular weight excluding hydrogens is 174 g/mol. The van der Waals surface area contributed by atoms with Crippen molar-refractivity contribution in [1.82, 2.24) is 0 Å². The lowest BCUT2D eigenvalue weighted by Crippen LogP contribution is -1.84. The summed E-state index contributed by atoms with van der Waals surface area (Å²) in [5.41, 5.74) is -0.341. The predicted molar refractivity (Wildman–Crippen MR) is 38.1 cm³/mol. The van der Waals surface area contributed by atoms with E-state index in [0.29, 0.717) is 0 Å². The normalized spacial score (nSPS) is 10.5.